The van der Waals surface area contributed by atoms with Crippen LogP contribution in [0.2, 0.25) is 5.02 Å². The highest BCUT2D eigenvalue weighted by Crippen LogP contribution is 2.39. The molecule has 0 spiro atoms. The minimum Gasteiger partial charge on any atom is -0.312 e. The first-order valence-corrected chi connectivity index (χ1v) is 12.6. The van der Waals surface area contributed by atoms with Gasteiger partial charge in [0.1, 0.15) is 0 Å². The smallest absolute Gasteiger partial charge is 0.227 e. The number of allylic oxidation sites excluding steroid dienone is 1. The molecular weight excluding hydrogens is 416 g/mol. The van der Waals surface area contributed by atoms with Gasteiger partial charge in [-0.15, -0.1) is 0 Å². The molecule has 0 aromatic heterocycles. The van der Waals surface area contributed by atoms with Gasteiger partial charge in [0.15, 0.2) is 0 Å². The molecule has 0 radical (unpaired) electrons. The van der Waals surface area contributed by atoms with Crippen LogP contribution in [0.15, 0.2) is 43.0 Å². The Morgan fingerprint density at radius 2 is 1.72 bits per heavy atom. The van der Waals surface area contributed by atoms with Crippen LogP contribution in [0.25, 0.3) is 5.57 Å². The van der Waals surface area contributed by atoms with Crippen molar-refractivity contribution in [3.8, 4) is 0 Å². The summed E-state index contributed by atoms with van der Waals surface area (Å²) in [5.41, 5.74) is 7.85. The molecule has 4 heteroatoms. The lowest BCUT2D eigenvalue weighted by Crippen LogP contribution is -2.35. The van der Waals surface area contributed by atoms with Gasteiger partial charge in [0, 0.05) is 24.5 Å². The van der Waals surface area contributed by atoms with Crippen LogP contribution in [0.5, 0.6) is 0 Å². The van der Waals surface area contributed by atoms with Crippen molar-refractivity contribution in [2.75, 3.05) is 31.1 Å². The van der Waals surface area contributed by atoms with Crippen molar-refractivity contribution in [3.63, 3.8) is 0 Å². The Morgan fingerprint density at radius 3 is 2.47 bits per heavy atom. The second-order valence-electron chi connectivity index (χ2n) is 9.74. The van der Waals surface area contributed by atoms with Crippen LogP contribution in [0.1, 0.15) is 54.4 Å². The summed E-state index contributed by atoms with van der Waals surface area (Å²) in [7, 11) is 0. The zero-order valence-corrected chi connectivity index (χ0v) is 19.7. The molecule has 0 bridgehead atoms. The summed E-state index contributed by atoms with van der Waals surface area (Å²) in [6, 6.07) is 12.9. The number of anilines is 1. The zero-order chi connectivity index (χ0) is 22.1. The summed E-state index contributed by atoms with van der Waals surface area (Å²) in [4.78, 5) is 16.8. The maximum absolute atomic E-state index is 12.2. The Balaban J connectivity index is 1.10. The average molecular weight is 449 g/mol. The lowest BCUT2D eigenvalue weighted by atomic mass is 9.88. The molecule has 0 N–H and O–H groups in total. The van der Waals surface area contributed by atoms with Gasteiger partial charge in [-0.1, -0.05) is 30.3 Å². The minimum atomic E-state index is 0.294. The van der Waals surface area contributed by atoms with E-state index in [2.05, 4.69) is 35.7 Å². The Hall–Kier alpha value is -2.10. The number of rotatable bonds is 7. The van der Waals surface area contributed by atoms with Gasteiger partial charge in [-0.3, -0.25) is 4.79 Å². The molecule has 3 heterocycles. The molecule has 0 atom stereocenters. The van der Waals surface area contributed by atoms with E-state index in [1.807, 2.05) is 17.0 Å². The minimum absolute atomic E-state index is 0.294. The molecule has 168 valence electrons. The van der Waals surface area contributed by atoms with Gasteiger partial charge in [-0.25, -0.2) is 0 Å². The summed E-state index contributed by atoms with van der Waals surface area (Å²) in [5.74, 6) is 1.10. The monoisotopic (exact) mass is 448 g/mol. The second-order valence-corrected chi connectivity index (χ2v) is 10.2. The van der Waals surface area contributed by atoms with E-state index in [-0.39, 0.29) is 0 Å². The van der Waals surface area contributed by atoms with Crippen molar-refractivity contribution < 1.29 is 4.79 Å². The molecule has 1 fully saturated rings. The van der Waals surface area contributed by atoms with Crippen molar-refractivity contribution in [2.24, 2.45) is 5.92 Å². The standard InChI is InChI=1S/C28H33ClN2O/c1-20(25-18-23-6-9-27(32)31-17-13-24(19-25)28(23)31)2-3-22-11-15-30(16-12-22)14-10-21-4-7-26(29)8-5-21/h4-5,7-8,18-19,22H,1-3,6,9-17H2. The van der Waals surface area contributed by atoms with Crippen molar-refractivity contribution in [2.45, 2.75) is 51.4 Å². The maximum Gasteiger partial charge on any atom is 0.227 e. The molecule has 1 amide bonds. The molecule has 0 saturated carbocycles. The molecule has 0 unspecified atom stereocenters. The van der Waals surface area contributed by atoms with E-state index in [4.69, 9.17) is 11.6 Å². The first-order valence-electron chi connectivity index (χ1n) is 12.2. The molecule has 32 heavy (non-hydrogen) atoms. The van der Waals surface area contributed by atoms with Gasteiger partial charge in [0.25, 0.3) is 0 Å². The molecular formula is C28H33ClN2O. The zero-order valence-electron chi connectivity index (χ0n) is 18.9. The van der Waals surface area contributed by atoms with E-state index in [0.717, 1.165) is 49.7 Å². The Morgan fingerprint density at radius 1 is 1.00 bits per heavy atom. The van der Waals surface area contributed by atoms with Crippen LogP contribution < -0.4 is 4.90 Å². The third-order valence-electron chi connectivity index (χ3n) is 7.65. The van der Waals surface area contributed by atoms with Gasteiger partial charge in [0.2, 0.25) is 5.91 Å². The summed E-state index contributed by atoms with van der Waals surface area (Å²) in [5, 5.41) is 0.813. The molecule has 3 aliphatic rings. The third kappa shape index (κ3) is 4.65. The highest BCUT2D eigenvalue weighted by Gasteiger charge is 2.31. The van der Waals surface area contributed by atoms with E-state index in [9.17, 15) is 4.79 Å². The van der Waals surface area contributed by atoms with E-state index in [1.54, 1.807) is 0 Å². The van der Waals surface area contributed by atoms with Gasteiger partial charge in [-0.05, 0) is 116 Å². The number of halogens is 1. The molecule has 5 rings (SSSR count). The van der Waals surface area contributed by atoms with Crippen LogP contribution in [-0.4, -0.2) is 37.0 Å². The number of nitrogens with zero attached hydrogens (tertiary/aromatic N) is 2. The van der Waals surface area contributed by atoms with Gasteiger partial charge < -0.3 is 9.80 Å². The third-order valence-corrected chi connectivity index (χ3v) is 7.90. The van der Waals surface area contributed by atoms with Crippen LogP contribution in [0.3, 0.4) is 0 Å². The predicted molar refractivity (Wildman–Crippen MR) is 133 cm³/mol. The topological polar surface area (TPSA) is 23.6 Å². The number of amides is 1. The Kier molecular flexibility index (Phi) is 6.39. The van der Waals surface area contributed by atoms with E-state index >= 15 is 0 Å². The fourth-order valence-corrected chi connectivity index (χ4v) is 5.75. The van der Waals surface area contributed by atoms with Gasteiger partial charge in [-0.2, -0.15) is 0 Å². The summed E-state index contributed by atoms with van der Waals surface area (Å²) in [6.45, 7) is 8.85. The first kappa shape index (κ1) is 21.7. The first-order chi connectivity index (χ1) is 15.6. The number of benzene rings is 2. The molecule has 0 aliphatic carbocycles. The Bertz CT molecular complexity index is 1000. The largest absolute Gasteiger partial charge is 0.312 e. The molecule has 2 aromatic rings. The van der Waals surface area contributed by atoms with Crippen LogP contribution in [-0.2, 0) is 24.1 Å². The summed E-state index contributed by atoms with van der Waals surface area (Å²) < 4.78 is 0. The molecule has 1 saturated heterocycles. The number of carbonyl (C=O) groups excluding carboxylic acids is 1. The number of likely N-dealkylation sites (tertiary alicyclic amines) is 1. The van der Waals surface area contributed by atoms with E-state index in [1.165, 1.54) is 65.9 Å². The second kappa shape index (κ2) is 9.41. The van der Waals surface area contributed by atoms with Crippen molar-refractivity contribution >= 4 is 28.8 Å². The average Bonchev–Trinajstić information content (AvgIpc) is 3.25. The quantitative estimate of drug-likeness (QED) is 0.524. The highest BCUT2D eigenvalue weighted by atomic mass is 35.5. The SMILES string of the molecule is C=C(CCC1CCN(CCc2ccc(Cl)cc2)CC1)c1cc2c3c(c1)CCN3C(=O)CC2. The lowest BCUT2D eigenvalue weighted by molar-refractivity contribution is -0.118. The molecule has 2 aromatic carbocycles. The van der Waals surface area contributed by atoms with Gasteiger partial charge >= 0.3 is 0 Å². The summed E-state index contributed by atoms with van der Waals surface area (Å²) in [6.07, 6.45) is 8.52. The normalized spacial score (nSPS) is 18.8. The number of carbonyl (C=O) groups is 1. The highest BCUT2D eigenvalue weighted by molar-refractivity contribution is 6.30. The van der Waals surface area contributed by atoms with E-state index < -0.39 is 0 Å². The molecule has 3 aliphatic heterocycles. The Labute approximate surface area is 197 Å². The fourth-order valence-electron chi connectivity index (χ4n) is 5.62. The maximum atomic E-state index is 12.2. The van der Waals surface area contributed by atoms with Crippen LogP contribution in [0, 0.1) is 5.92 Å². The van der Waals surface area contributed by atoms with Crippen molar-refractivity contribution in [1.29, 1.82) is 0 Å². The number of hydrogen-bond acceptors (Lipinski definition) is 2. The lowest BCUT2D eigenvalue weighted by Gasteiger charge is -2.32. The van der Waals surface area contributed by atoms with Crippen molar-refractivity contribution in [1.82, 2.24) is 4.90 Å². The number of aryl methyl sites for hydroxylation is 1. The number of hydrogen-bond donors (Lipinski definition) is 0. The number of piperidine rings is 1. The van der Waals surface area contributed by atoms with Crippen LogP contribution >= 0.6 is 11.6 Å². The summed E-state index contributed by atoms with van der Waals surface area (Å²) >= 11 is 5.99. The van der Waals surface area contributed by atoms with Crippen LogP contribution in [0.4, 0.5) is 5.69 Å². The van der Waals surface area contributed by atoms with Crippen molar-refractivity contribution in [3.05, 3.63) is 70.3 Å². The van der Waals surface area contributed by atoms with E-state index in [0.29, 0.717) is 12.3 Å². The molecule has 3 nitrogen and oxygen atoms in total. The predicted octanol–water partition coefficient (Wildman–Crippen LogP) is 5.92. The van der Waals surface area contributed by atoms with Gasteiger partial charge in [0.05, 0.1) is 5.69 Å². The fraction of sp³-hybridized carbons (Fsp3) is 0.464.